The Morgan fingerprint density at radius 1 is 1.17 bits per heavy atom. The van der Waals surface area contributed by atoms with Crippen LogP contribution in [0.25, 0.3) is 11.4 Å². The number of halogens is 1. The maximum Gasteiger partial charge on any atom is 0.227 e. The van der Waals surface area contributed by atoms with E-state index in [1.54, 1.807) is 0 Å². The fraction of sp³-hybridized carbons (Fsp3) is 0.167. The SMILES string of the molecule is Cc1ccccc1-c1noc(CCC(=O)Nc2ccccc2Br)n1. The van der Waals surface area contributed by atoms with Crippen LogP contribution in [-0.2, 0) is 11.2 Å². The Kier molecular flexibility index (Phi) is 5.05. The number of hydrogen-bond donors (Lipinski definition) is 1. The molecule has 122 valence electrons. The number of carbonyl (C=O) groups excluding carboxylic acids is 1. The molecule has 24 heavy (non-hydrogen) atoms. The van der Waals surface area contributed by atoms with Crippen molar-refractivity contribution in [2.24, 2.45) is 0 Å². The molecule has 3 aromatic rings. The summed E-state index contributed by atoms with van der Waals surface area (Å²) in [4.78, 5) is 16.4. The summed E-state index contributed by atoms with van der Waals surface area (Å²) in [7, 11) is 0. The van der Waals surface area contributed by atoms with Gasteiger partial charge in [0.15, 0.2) is 0 Å². The molecule has 0 atom stereocenters. The van der Waals surface area contributed by atoms with Gasteiger partial charge >= 0.3 is 0 Å². The number of anilines is 1. The van der Waals surface area contributed by atoms with Gasteiger partial charge in [-0.3, -0.25) is 4.79 Å². The maximum absolute atomic E-state index is 12.0. The van der Waals surface area contributed by atoms with Crippen LogP contribution in [0.1, 0.15) is 17.9 Å². The van der Waals surface area contributed by atoms with Crippen molar-refractivity contribution in [2.45, 2.75) is 19.8 Å². The number of amides is 1. The van der Waals surface area contributed by atoms with Crippen LogP contribution in [0.15, 0.2) is 57.5 Å². The van der Waals surface area contributed by atoms with Crippen LogP contribution in [0.4, 0.5) is 5.69 Å². The zero-order valence-corrected chi connectivity index (χ0v) is 14.7. The summed E-state index contributed by atoms with van der Waals surface area (Å²) in [6, 6.07) is 15.3. The molecular weight excluding hydrogens is 370 g/mol. The van der Waals surface area contributed by atoms with Gasteiger partial charge in [0.1, 0.15) is 0 Å². The Labute approximate surface area is 148 Å². The summed E-state index contributed by atoms with van der Waals surface area (Å²) in [6.45, 7) is 2.00. The summed E-state index contributed by atoms with van der Waals surface area (Å²) < 4.78 is 6.09. The van der Waals surface area contributed by atoms with E-state index in [-0.39, 0.29) is 12.3 Å². The molecule has 1 N–H and O–H groups in total. The number of nitrogens with zero attached hydrogens (tertiary/aromatic N) is 2. The van der Waals surface area contributed by atoms with Crippen molar-refractivity contribution >= 4 is 27.5 Å². The number of rotatable bonds is 5. The predicted molar refractivity (Wildman–Crippen MR) is 95.6 cm³/mol. The zero-order chi connectivity index (χ0) is 16.9. The third-order valence-electron chi connectivity index (χ3n) is 3.57. The van der Waals surface area contributed by atoms with Crippen molar-refractivity contribution in [3.05, 3.63) is 64.5 Å². The molecule has 0 fully saturated rings. The van der Waals surface area contributed by atoms with Gasteiger partial charge in [0, 0.05) is 22.9 Å². The third kappa shape index (κ3) is 3.89. The quantitative estimate of drug-likeness (QED) is 0.707. The fourth-order valence-electron chi connectivity index (χ4n) is 2.29. The zero-order valence-electron chi connectivity index (χ0n) is 13.1. The number of carbonyl (C=O) groups is 1. The van der Waals surface area contributed by atoms with Gasteiger partial charge in [0.2, 0.25) is 17.6 Å². The first-order valence-electron chi connectivity index (χ1n) is 7.56. The molecule has 0 bridgehead atoms. The predicted octanol–water partition coefficient (Wildman–Crippen LogP) is 4.38. The van der Waals surface area contributed by atoms with Gasteiger partial charge in [-0.05, 0) is 40.5 Å². The van der Waals surface area contributed by atoms with E-state index < -0.39 is 0 Å². The van der Waals surface area contributed by atoms with Crippen LogP contribution >= 0.6 is 15.9 Å². The first-order chi connectivity index (χ1) is 11.6. The van der Waals surface area contributed by atoms with Crippen molar-refractivity contribution in [3.8, 4) is 11.4 Å². The maximum atomic E-state index is 12.0. The molecule has 3 rings (SSSR count). The molecule has 1 heterocycles. The molecule has 0 saturated heterocycles. The van der Waals surface area contributed by atoms with Crippen molar-refractivity contribution in [3.63, 3.8) is 0 Å². The average molecular weight is 386 g/mol. The van der Waals surface area contributed by atoms with Crippen LogP contribution in [0, 0.1) is 6.92 Å². The minimum absolute atomic E-state index is 0.0995. The van der Waals surface area contributed by atoms with Gasteiger partial charge in [-0.25, -0.2) is 0 Å². The lowest BCUT2D eigenvalue weighted by Crippen LogP contribution is -2.12. The summed E-state index contributed by atoms with van der Waals surface area (Å²) in [5.41, 5.74) is 2.76. The summed E-state index contributed by atoms with van der Waals surface area (Å²) in [6.07, 6.45) is 0.673. The second-order valence-corrected chi connectivity index (χ2v) is 6.21. The summed E-state index contributed by atoms with van der Waals surface area (Å²) >= 11 is 3.40. The van der Waals surface area contributed by atoms with Gasteiger partial charge in [-0.2, -0.15) is 4.98 Å². The Morgan fingerprint density at radius 3 is 2.71 bits per heavy atom. The van der Waals surface area contributed by atoms with E-state index in [0.29, 0.717) is 18.1 Å². The normalized spacial score (nSPS) is 10.6. The second-order valence-electron chi connectivity index (χ2n) is 5.35. The monoisotopic (exact) mass is 385 g/mol. The standard InChI is InChI=1S/C18H16BrN3O2/c1-12-6-2-3-7-13(12)18-21-17(24-22-18)11-10-16(23)20-15-9-5-4-8-14(15)19/h2-9H,10-11H2,1H3,(H,20,23). The van der Waals surface area contributed by atoms with Crippen LogP contribution in [0.2, 0.25) is 0 Å². The van der Waals surface area contributed by atoms with Crippen molar-refractivity contribution < 1.29 is 9.32 Å². The molecule has 0 spiro atoms. The lowest BCUT2D eigenvalue weighted by molar-refractivity contribution is -0.116. The third-order valence-corrected chi connectivity index (χ3v) is 4.26. The molecule has 2 aromatic carbocycles. The topological polar surface area (TPSA) is 68.0 Å². The van der Waals surface area contributed by atoms with E-state index in [2.05, 4.69) is 31.4 Å². The average Bonchev–Trinajstić information content (AvgIpc) is 3.04. The van der Waals surface area contributed by atoms with E-state index in [1.165, 1.54) is 0 Å². The van der Waals surface area contributed by atoms with E-state index in [4.69, 9.17) is 4.52 Å². The molecular formula is C18H16BrN3O2. The highest BCUT2D eigenvalue weighted by atomic mass is 79.9. The van der Waals surface area contributed by atoms with Crippen LogP contribution in [0.3, 0.4) is 0 Å². The smallest absolute Gasteiger partial charge is 0.227 e. The van der Waals surface area contributed by atoms with Crippen LogP contribution in [0.5, 0.6) is 0 Å². The number of hydrogen-bond acceptors (Lipinski definition) is 4. The molecule has 0 aliphatic rings. The fourth-order valence-corrected chi connectivity index (χ4v) is 2.67. The number of nitrogens with one attached hydrogen (secondary N) is 1. The van der Waals surface area contributed by atoms with Crippen molar-refractivity contribution in [2.75, 3.05) is 5.32 Å². The molecule has 0 saturated carbocycles. The number of aromatic nitrogens is 2. The lowest BCUT2D eigenvalue weighted by Gasteiger charge is -2.05. The van der Waals surface area contributed by atoms with E-state index in [0.717, 1.165) is 21.3 Å². The van der Waals surface area contributed by atoms with Crippen LogP contribution < -0.4 is 5.32 Å². The summed E-state index contributed by atoms with van der Waals surface area (Å²) in [5.74, 6) is 0.905. The van der Waals surface area contributed by atoms with Crippen molar-refractivity contribution in [1.29, 1.82) is 0 Å². The molecule has 0 aliphatic heterocycles. The molecule has 5 nitrogen and oxygen atoms in total. The first-order valence-corrected chi connectivity index (χ1v) is 8.36. The highest BCUT2D eigenvalue weighted by Gasteiger charge is 2.12. The van der Waals surface area contributed by atoms with Gasteiger partial charge in [0.05, 0.1) is 5.69 Å². The minimum atomic E-state index is -0.0995. The highest BCUT2D eigenvalue weighted by Crippen LogP contribution is 2.22. The summed E-state index contributed by atoms with van der Waals surface area (Å²) in [5, 5.41) is 6.85. The molecule has 0 aliphatic carbocycles. The number of aryl methyl sites for hydroxylation is 2. The molecule has 1 amide bonds. The Morgan fingerprint density at radius 2 is 1.92 bits per heavy atom. The minimum Gasteiger partial charge on any atom is -0.339 e. The van der Waals surface area contributed by atoms with E-state index >= 15 is 0 Å². The number of para-hydroxylation sites is 1. The highest BCUT2D eigenvalue weighted by molar-refractivity contribution is 9.10. The van der Waals surface area contributed by atoms with E-state index in [9.17, 15) is 4.79 Å². The largest absolute Gasteiger partial charge is 0.339 e. The molecule has 6 heteroatoms. The van der Waals surface area contributed by atoms with Gasteiger partial charge < -0.3 is 9.84 Å². The number of benzene rings is 2. The lowest BCUT2D eigenvalue weighted by atomic mass is 10.1. The first kappa shape index (κ1) is 16.4. The Bertz CT molecular complexity index is 861. The van der Waals surface area contributed by atoms with Gasteiger partial charge in [0.25, 0.3) is 0 Å². The van der Waals surface area contributed by atoms with Crippen LogP contribution in [-0.4, -0.2) is 16.0 Å². The van der Waals surface area contributed by atoms with E-state index in [1.807, 2.05) is 55.5 Å². The second kappa shape index (κ2) is 7.40. The molecule has 1 aromatic heterocycles. The Balaban J connectivity index is 1.61. The molecule has 0 unspecified atom stereocenters. The molecule has 0 radical (unpaired) electrons. The van der Waals surface area contributed by atoms with Crippen molar-refractivity contribution in [1.82, 2.24) is 10.1 Å². The van der Waals surface area contributed by atoms with Gasteiger partial charge in [-0.1, -0.05) is 41.6 Å². The van der Waals surface area contributed by atoms with Gasteiger partial charge in [-0.15, -0.1) is 0 Å². The Hall–Kier alpha value is -2.47.